The standard InChI is InChI=1S/C13H19BrN2O2.ClH/c1-13(2,7-15)8-16(3)12(18)10-6-9(14)4-5-11(10)17;/h4-6,17H,7-8,15H2,1-3H3;1H. The number of rotatable bonds is 4. The van der Waals surface area contributed by atoms with Gasteiger partial charge in [-0.2, -0.15) is 0 Å². The molecule has 0 radical (unpaired) electrons. The molecule has 19 heavy (non-hydrogen) atoms. The summed E-state index contributed by atoms with van der Waals surface area (Å²) in [5.41, 5.74) is 5.80. The van der Waals surface area contributed by atoms with Gasteiger partial charge in [-0.1, -0.05) is 29.8 Å². The molecule has 0 saturated heterocycles. The quantitative estimate of drug-likeness (QED) is 0.876. The molecule has 0 heterocycles. The van der Waals surface area contributed by atoms with Crippen molar-refractivity contribution in [3.8, 4) is 5.75 Å². The van der Waals surface area contributed by atoms with Crippen LogP contribution in [0.1, 0.15) is 24.2 Å². The number of carbonyl (C=O) groups excluding carboxylic acids is 1. The first-order valence-corrected chi connectivity index (χ1v) is 6.50. The van der Waals surface area contributed by atoms with Gasteiger partial charge in [-0.3, -0.25) is 4.79 Å². The maximum atomic E-state index is 12.2. The molecule has 0 saturated carbocycles. The number of hydrogen-bond acceptors (Lipinski definition) is 3. The zero-order valence-electron chi connectivity index (χ0n) is 11.3. The second-order valence-electron chi connectivity index (χ2n) is 5.19. The molecule has 4 nitrogen and oxygen atoms in total. The monoisotopic (exact) mass is 350 g/mol. The number of phenolic OH excluding ortho intramolecular Hbond substituents is 1. The maximum Gasteiger partial charge on any atom is 0.257 e. The number of aromatic hydroxyl groups is 1. The minimum absolute atomic E-state index is 0. The van der Waals surface area contributed by atoms with E-state index in [0.717, 1.165) is 4.47 Å². The summed E-state index contributed by atoms with van der Waals surface area (Å²) in [6.45, 7) is 5.03. The van der Waals surface area contributed by atoms with Crippen molar-refractivity contribution in [2.75, 3.05) is 20.1 Å². The highest BCUT2D eigenvalue weighted by Crippen LogP contribution is 2.24. The molecule has 6 heteroatoms. The Labute approximate surface area is 128 Å². The van der Waals surface area contributed by atoms with E-state index in [-0.39, 0.29) is 29.5 Å². The van der Waals surface area contributed by atoms with Gasteiger partial charge in [0, 0.05) is 18.1 Å². The molecule has 0 atom stereocenters. The van der Waals surface area contributed by atoms with E-state index < -0.39 is 0 Å². The van der Waals surface area contributed by atoms with Crippen LogP contribution in [0.3, 0.4) is 0 Å². The van der Waals surface area contributed by atoms with Gasteiger partial charge in [-0.15, -0.1) is 12.4 Å². The first kappa shape index (κ1) is 18.2. The number of nitrogens with zero attached hydrogens (tertiary/aromatic N) is 1. The molecule has 0 fully saturated rings. The van der Waals surface area contributed by atoms with Crippen molar-refractivity contribution < 1.29 is 9.90 Å². The van der Waals surface area contributed by atoms with Crippen LogP contribution in [0, 0.1) is 5.41 Å². The molecule has 1 amide bonds. The Hall–Kier alpha value is -0.780. The average Bonchev–Trinajstić information content (AvgIpc) is 2.31. The predicted molar refractivity (Wildman–Crippen MR) is 82.9 cm³/mol. The minimum Gasteiger partial charge on any atom is -0.507 e. The summed E-state index contributed by atoms with van der Waals surface area (Å²) >= 11 is 3.29. The molecule has 1 aromatic rings. The molecule has 0 aliphatic carbocycles. The van der Waals surface area contributed by atoms with Crippen LogP contribution in [0.25, 0.3) is 0 Å². The highest BCUT2D eigenvalue weighted by atomic mass is 79.9. The van der Waals surface area contributed by atoms with Gasteiger partial charge in [0.15, 0.2) is 0 Å². The van der Waals surface area contributed by atoms with Crippen molar-refractivity contribution in [2.45, 2.75) is 13.8 Å². The van der Waals surface area contributed by atoms with Crippen LogP contribution < -0.4 is 5.73 Å². The number of phenols is 1. The number of halogens is 2. The molecule has 108 valence electrons. The van der Waals surface area contributed by atoms with Crippen LogP contribution >= 0.6 is 28.3 Å². The predicted octanol–water partition coefficient (Wildman–Crippen LogP) is 2.63. The van der Waals surface area contributed by atoms with Crippen LogP contribution in [0.4, 0.5) is 0 Å². The summed E-state index contributed by atoms with van der Waals surface area (Å²) in [5.74, 6) is -0.226. The van der Waals surface area contributed by atoms with Gasteiger partial charge in [0.05, 0.1) is 5.56 Å². The zero-order chi connectivity index (χ0) is 13.9. The third kappa shape index (κ3) is 5.01. The van der Waals surface area contributed by atoms with E-state index in [9.17, 15) is 9.90 Å². The number of nitrogens with two attached hydrogens (primary N) is 1. The van der Waals surface area contributed by atoms with E-state index in [4.69, 9.17) is 5.73 Å². The lowest BCUT2D eigenvalue weighted by Gasteiger charge is -2.29. The fraction of sp³-hybridized carbons (Fsp3) is 0.462. The largest absolute Gasteiger partial charge is 0.507 e. The number of amides is 1. The van der Waals surface area contributed by atoms with Crippen LogP contribution in [-0.2, 0) is 0 Å². The lowest BCUT2D eigenvalue weighted by atomic mass is 9.93. The summed E-state index contributed by atoms with van der Waals surface area (Å²) in [6.07, 6.45) is 0. The second kappa shape index (κ2) is 7.12. The van der Waals surface area contributed by atoms with Crippen molar-refractivity contribution >= 4 is 34.2 Å². The molecule has 0 spiro atoms. The summed E-state index contributed by atoms with van der Waals surface area (Å²) in [4.78, 5) is 13.8. The SMILES string of the molecule is CN(CC(C)(C)CN)C(=O)c1cc(Br)ccc1O.Cl. The van der Waals surface area contributed by atoms with E-state index in [2.05, 4.69) is 15.9 Å². The number of benzene rings is 1. The summed E-state index contributed by atoms with van der Waals surface area (Å²) < 4.78 is 0.759. The Morgan fingerprint density at radius 1 is 1.47 bits per heavy atom. The fourth-order valence-electron chi connectivity index (χ4n) is 1.66. The first-order valence-electron chi connectivity index (χ1n) is 5.71. The molecule has 3 N–H and O–H groups in total. The van der Waals surface area contributed by atoms with Crippen LogP contribution in [0.15, 0.2) is 22.7 Å². The van der Waals surface area contributed by atoms with Crippen molar-refractivity contribution in [1.29, 1.82) is 0 Å². The lowest BCUT2D eigenvalue weighted by molar-refractivity contribution is 0.0737. The fourth-order valence-corrected chi connectivity index (χ4v) is 2.02. The molecule has 1 aromatic carbocycles. The van der Waals surface area contributed by atoms with Crippen molar-refractivity contribution in [3.63, 3.8) is 0 Å². The van der Waals surface area contributed by atoms with Gasteiger partial charge in [0.2, 0.25) is 0 Å². The number of carbonyl (C=O) groups is 1. The first-order chi connectivity index (χ1) is 8.26. The highest BCUT2D eigenvalue weighted by Gasteiger charge is 2.23. The van der Waals surface area contributed by atoms with Gasteiger partial charge in [-0.25, -0.2) is 0 Å². The van der Waals surface area contributed by atoms with Gasteiger partial charge in [0.1, 0.15) is 5.75 Å². The summed E-state index contributed by atoms with van der Waals surface area (Å²) in [5, 5.41) is 9.72. The molecule has 0 bridgehead atoms. The van der Waals surface area contributed by atoms with Crippen LogP contribution in [0.5, 0.6) is 5.75 Å². The van der Waals surface area contributed by atoms with E-state index in [1.54, 1.807) is 24.1 Å². The molecule has 0 aliphatic heterocycles. The Kier molecular flexibility index (Phi) is 6.83. The average molecular weight is 352 g/mol. The topological polar surface area (TPSA) is 66.6 Å². The molecule has 1 rings (SSSR count). The van der Waals surface area contributed by atoms with Gasteiger partial charge in [0.25, 0.3) is 5.91 Å². The van der Waals surface area contributed by atoms with E-state index >= 15 is 0 Å². The Morgan fingerprint density at radius 2 is 2.05 bits per heavy atom. The summed E-state index contributed by atoms with van der Waals surface area (Å²) in [6, 6.07) is 4.80. The summed E-state index contributed by atoms with van der Waals surface area (Å²) in [7, 11) is 1.71. The third-order valence-electron chi connectivity index (χ3n) is 2.75. The highest BCUT2D eigenvalue weighted by molar-refractivity contribution is 9.10. The minimum atomic E-state index is -0.213. The normalized spacial score (nSPS) is 10.8. The molecular weight excluding hydrogens is 332 g/mol. The van der Waals surface area contributed by atoms with Crippen LogP contribution in [-0.4, -0.2) is 36.1 Å². The molecule has 0 unspecified atom stereocenters. The third-order valence-corrected chi connectivity index (χ3v) is 3.25. The lowest BCUT2D eigenvalue weighted by Crippen LogP contribution is -2.39. The van der Waals surface area contributed by atoms with E-state index in [1.807, 2.05) is 13.8 Å². The molecular formula is C13H20BrClN2O2. The van der Waals surface area contributed by atoms with Crippen LogP contribution in [0.2, 0.25) is 0 Å². The van der Waals surface area contributed by atoms with E-state index in [1.165, 1.54) is 6.07 Å². The second-order valence-corrected chi connectivity index (χ2v) is 6.11. The zero-order valence-corrected chi connectivity index (χ0v) is 13.7. The maximum absolute atomic E-state index is 12.2. The molecule has 0 aliphatic rings. The Morgan fingerprint density at radius 3 is 2.58 bits per heavy atom. The van der Waals surface area contributed by atoms with Gasteiger partial charge >= 0.3 is 0 Å². The van der Waals surface area contributed by atoms with Crippen molar-refractivity contribution in [2.24, 2.45) is 11.1 Å². The van der Waals surface area contributed by atoms with E-state index in [0.29, 0.717) is 18.7 Å². The van der Waals surface area contributed by atoms with Gasteiger partial charge in [-0.05, 0) is 30.2 Å². The Bertz CT molecular complexity index is 452. The van der Waals surface area contributed by atoms with Crippen molar-refractivity contribution in [3.05, 3.63) is 28.2 Å². The Balaban J connectivity index is 0.00000324. The van der Waals surface area contributed by atoms with Crippen molar-refractivity contribution in [1.82, 2.24) is 4.90 Å². The molecule has 0 aromatic heterocycles. The van der Waals surface area contributed by atoms with Gasteiger partial charge < -0.3 is 15.7 Å². The smallest absolute Gasteiger partial charge is 0.257 e. The number of hydrogen-bond donors (Lipinski definition) is 2.